The third kappa shape index (κ3) is 4.22. The summed E-state index contributed by atoms with van der Waals surface area (Å²) in [5, 5.41) is 11.1. The van der Waals surface area contributed by atoms with Gasteiger partial charge in [-0.15, -0.1) is 10.2 Å². The Morgan fingerprint density at radius 1 is 1.00 bits per heavy atom. The second-order valence-corrected chi connectivity index (χ2v) is 9.56. The molecule has 4 rings (SSSR count). The molecular weight excluding hydrogens is 382 g/mol. The number of likely N-dealkylation sites (tertiary alicyclic amines) is 1. The maximum atomic E-state index is 12.1. The van der Waals surface area contributed by atoms with Crippen molar-refractivity contribution in [3.8, 4) is 0 Å². The van der Waals surface area contributed by atoms with E-state index in [9.17, 15) is 4.79 Å². The average molecular weight is 402 g/mol. The number of carbonyl (C=O) groups is 1. The number of aromatic nitrogens is 2. The highest BCUT2D eigenvalue weighted by Gasteiger charge is 2.18. The van der Waals surface area contributed by atoms with E-state index in [1.54, 1.807) is 23.1 Å². The third-order valence-corrected chi connectivity index (χ3v) is 7.62. The summed E-state index contributed by atoms with van der Waals surface area (Å²) in [6, 6.07) is 14.9. The van der Waals surface area contributed by atoms with Crippen molar-refractivity contribution in [3.05, 3.63) is 48.0 Å². The Balaban J connectivity index is 1.34. The number of hydrogen-bond acceptors (Lipinski definition) is 6. The van der Waals surface area contributed by atoms with Crippen LogP contribution in [0, 0.1) is 0 Å². The number of benzene rings is 2. The van der Waals surface area contributed by atoms with Crippen molar-refractivity contribution in [1.82, 2.24) is 15.1 Å². The van der Waals surface area contributed by atoms with Crippen LogP contribution in [0.2, 0.25) is 0 Å². The largest absolute Gasteiger partial charge is 0.342 e. The van der Waals surface area contributed by atoms with Crippen molar-refractivity contribution >= 4 is 51.5 Å². The molecule has 2 heterocycles. The minimum Gasteiger partial charge on any atom is -0.342 e. The summed E-state index contributed by atoms with van der Waals surface area (Å²) in [6.45, 7) is 1.81. The number of thioether (sulfide) groups is 2. The molecule has 26 heavy (non-hydrogen) atoms. The Hall–Kier alpha value is -1.57. The molecule has 1 fully saturated rings. The molecule has 0 unspecified atom stereocenters. The second-order valence-electron chi connectivity index (χ2n) is 6.14. The quantitative estimate of drug-likeness (QED) is 0.560. The fourth-order valence-corrected chi connectivity index (χ4v) is 5.98. The first kappa shape index (κ1) is 17.8. The van der Waals surface area contributed by atoms with Gasteiger partial charge in [0.05, 0.1) is 5.75 Å². The molecular formula is C19H19N3OS3. The van der Waals surface area contributed by atoms with E-state index >= 15 is 0 Å². The fourth-order valence-electron chi connectivity index (χ4n) is 3.05. The van der Waals surface area contributed by atoms with E-state index in [0.29, 0.717) is 5.75 Å². The number of carbonyl (C=O) groups excluding carboxylic acids is 1. The number of fused-ring (bicyclic) bond motifs is 1. The van der Waals surface area contributed by atoms with E-state index in [1.165, 1.54) is 28.1 Å². The molecule has 7 heteroatoms. The zero-order valence-corrected chi connectivity index (χ0v) is 16.7. The maximum absolute atomic E-state index is 12.1. The lowest BCUT2D eigenvalue weighted by Crippen LogP contribution is -2.29. The zero-order chi connectivity index (χ0) is 17.8. The van der Waals surface area contributed by atoms with Crippen molar-refractivity contribution in [1.29, 1.82) is 0 Å². The summed E-state index contributed by atoms with van der Waals surface area (Å²) < 4.78 is 1.83. The Morgan fingerprint density at radius 3 is 2.58 bits per heavy atom. The van der Waals surface area contributed by atoms with Crippen molar-refractivity contribution < 1.29 is 4.79 Å². The molecule has 2 aromatic carbocycles. The lowest BCUT2D eigenvalue weighted by atomic mass is 10.1. The first-order valence-electron chi connectivity index (χ1n) is 8.63. The summed E-state index contributed by atoms with van der Waals surface area (Å²) in [4.78, 5) is 14.1. The summed E-state index contributed by atoms with van der Waals surface area (Å²) in [6.07, 6.45) is 2.26. The van der Waals surface area contributed by atoms with E-state index in [2.05, 4.69) is 52.7 Å². The van der Waals surface area contributed by atoms with E-state index in [4.69, 9.17) is 0 Å². The predicted molar refractivity (Wildman–Crippen MR) is 110 cm³/mol. The van der Waals surface area contributed by atoms with Crippen LogP contribution in [0.15, 0.2) is 51.1 Å². The van der Waals surface area contributed by atoms with Crippen LogP contribution in [0.1, 0.15) is 18.4 Å². The van der Waals surface area contributed by atoms with E-state index in [0.717, 1.165) is 40.4 Å². The zero-order valence-electron chi connectivity index (χ0n) is 14.3. The summed E-state index contributed by atoms with van der Waals surface area (Å²) in [5.74, 6) is 1.54. The van der Waals surface area contributed by atoms with Crippen molar-refractivity contribution in [2.24, 2.45) is 0 Å². The van der Waals surface area contributed by atoms with Gasteiger partial charge in [-0.2, -0.15) is 0 Å². The topological polar surface area (TPSA) is 46.1 Å². The SMILES string of the molecule is O=C(CSc1nnc(SCc2cccc3ccccc23)s1)N1CCCC1. The molecule has 0 radical (unpaired) electrons. The van der Waals surface area contributed by atoms with E-state index < -0.39 is 0 Å². The van der Waals surface area contributed by atoms with E-state index in [-0.39, 0.29) is 5.91 Å². The smallest absolute Gasteiger partial charge is 0.233 e. The lowest BCUT2D eigenvalue weighted by molar-refractivity contribution is -0.127. The Labute approximate surface area is 165 Å². The van der Waals surface area contributed by atoms with Gasteiger partial charge >= 0.3 is 0 Å². The molecule has 0 atom stereocenters. The predicted octanol–water partition coefficient (Wildman–Crippen LogP) is 4.70. The summed E-state index contributed by atoms with van der Waals surface area (Å²) >= 11 is 4.78. The number of nitrogens with zero attached hydrogens (tertiary/aromatic N) is 3. The lowest BCUT2D eigenvalue weighted by Gasteiger charge is -2.13. The molecule has 0 saturated carbocycles. The summed E-state index contributed by atoms with van der Waals surface area (Å²) in [7, 11) is 0. The highest BCUT2D eigenvalue weighted by atomic mass is 32.2. The Bertz CT molecular complexity index is 900. The molecule has 0 aliphatic carbocycles. The first-order valence-corrected chi connectivity index (χ1v) is 11.4. The minimum atomic E-state index is 0.215. The highest BCUT2D eigenvalue weighted by molar-refractivity contribution is 8.03. The van der Waals surface area contributed by atoms with Crippen molar-refractivity contribution in [2.75, 3.05) is 18.8 Å². The number of rotatable bonds is 6. The number of hydrogen-bond donors (Lipinski definition) is 0. The van der Waals surface area contributed by atoms with Gasteiger partial charge in [-0.25, -0.2) is 0 Å². The average Bonchev–Trinajstić information content (AvgIpc) is 3.36. The van der Waals surface area contributed by atoms with Gasteiger partial charge in [0, 0.05) is 18.8 Å². The molecule has 4 nitrogen and oxygen atoms in total. The summed E-state index contributed by atoms with van der Waals surface area (Å²) in [5.41, 5.74) is 1.31. The highest BCUT2D eigenvalue weighted by Crippen LogP contribution is 2.32. The Morgan fingerprint density at radius 2 is 1.73 bits per heavy atom. The number of amides is 1. The Kier molecular flexibility index (Phi) is 5.77. The molecule has 3 aromatic rings. The van der Waals surface area contributed by atoms with Gasteiger partial charge in [-0.1, -0.05) is 77.3 Å². The normalized spacial score (nSPS) is 14.2. The fraction of sp³-hybridized carbons (Fsp3) is 0.316. The first-order chi connectivity index (χ1) is 12.8. The van der Waals surface area contributed by atoms with Gasteiger partial charge in [0.2, 0.25) is 5.91 Å². The van der Waals surface area contributed by atoms with Crippen LogP contribution < -0.4 is 0 Å². The van der Waals surface area contributed by atoms with Gasteiger partial charge in [-0.05, 0) is 29.2 Å². The van der Waals surface area contributed by atoms with Crippen LogP contribution in [-0.4, -0.2) is 39.8 Å². The molecule has 1 amide bonds. The molecule has 1 aromatic heterocycles. The standard InChI is InChI=1S/C19H19N3OS3/c23-17(22-10-3-4-11-22)13-25-19-21-20-18(26-19)24-12-15-8-5-7-14-6-1-2-9-16(14)15/h1-2,5-9H,3-4,10-13H2. The molecule has 1 aliphatic heterocycles. The molecule has 0 spiro atoms. The van der Waals surface area contributed by atoms with Gasteiger partial charge < -0.3 is 4.90 Å². The van der Waals surface area contributed by atoms with Crippen LogP contribution in [0.25, 0.3) is 10.8 Å². The van der Waals surface area contributed by atoms with Crippen LogP contribution in [0.3, 0.4) is 0 Å². The van der Waals surface area contributed by atoms with Crippen LogP contribution in [0.5, 0.6) is 0 Å². The molecule has 0 bridgehead atoms. The van der Waals surface area contributed by atoms with Gasteiger partial charge in [0.15, 0.2) is 8.68 Å². The maximum Gasteiger partial charge on any atom is 0.233 e. The minimum absolute atomic E-state index is 0.215. The van der Waals surface area contributed by atoms with Crippen LogP contribution in [0.4, 0.5) is 0 Å². The van der Waals surface area contributed by atoms with Gasteiger partial charge in [0.25, 0.3) is 0 Å². The van der Waals surface area contributed by atoms with Gasteiger partial charge in [-0.3, -0.25) is 4.79 Å². The van der Waals surface area contributed by atoms with Crippen molar-refractivity contribution in [3.63, 3.8) is 0 Å². The van der Waals surface area contributed by atoms with Crippen molar-refractivity contribution in [2.45, 2.75) is 27.3 Å². The second kappa shape index (κ2) is 8.41. The monoisotopic (exact) mass is 401 g/mol. The third-order valence-electron chi connectivity index (χ3n) is 4.40. The molecule has 1 aliphatic rings. The van der Waals surface area contributed by atoms with E-state index in [1.807, 2.05) is 4.90 Å². The molecule has 134 valence electrons. The van der Waals surface area contributed by atoms with Crippen LogP contribution >= 0.6 is 34.9 Å². The molecule has 0 N–H and O–H groups in total. The van der Waals surface area contributed by atoms with Gasteiger partial charge in [0.1, 0.15) is 0 Å². The van der Waals surface area contributed by atoms with Crippen LogP contribution in [-0.2, 0) is 10.5 Å². The molecule has 1 saturated heterocycles.